The van der Waals surface area contributed by atoms with E-state index in [-0.39, 0.29) is 18.0 Å². The van der Waals surface area contributed by atoms with Gasteiger partial charge in [0.2, 0.25) is 5.95 Å². The summed E-state index contributed by atoms with van der Waals surface area (Å²) in [5.74, 6) is -0.283. The number of nitrogens with zero attached hydrogens (tertiary/aromatic N) is 4. The number of halogens is 1. The van der Waals surface area contributed by atoms with Gasteiger partial charge in [0.1, 0.15) is 0 Å². The fourth-order valence-electron chi connectivity index (χ4n) is 3.14. The summed E-state index contributed by atoms with van der Waals surface area (Å²) in [5, 5.41) is 12.5. The predicted octanol–water partition coefficient (Wildman–Crippen LogP) is 1.21. The average molecular weight is 334 g/mol. The molecule has 2 saturated heterocycles. The molecule has 0 spiro atoms. The Morgan fingerprint density at radius 3 is 2.78 bits per heavy atom. The Morgan fingerprint density at radius 2 is 2.09 bits per heavy atom. The third kappa shape index (κ3) is 2.85. The number of carboxylic acid groups (broad SMARTS) is 1. The van der Waals surface area contributed by atoms with Crippen molar-refractivity contribution in [3.8, 4) is 11.4 Å². The summed E-state index contributed by atoms with van der Waals surface area (Å²) in [7, 11) is 0. The maximum absolute atomic E-state index is 11.1. The van der Waals surface area contributed by atoms with Gasteiger partial charge in [-0.25, -0.2) is 14.8 Å². The van der Waals surface area contributed by atoms with Gasteiger partial charge in [0.25, 0.3) is 0 Å². The molecule has 2 aromatic heterocycles. The van der Waals surface area contributed by atoms with E-state index < -0.39 is 5.97 Å². The van der Waals surface area contributed by atoms with Crippen molar-refractivity contribution in [2.45, 2.75) is 18.5 Å². The number of fused-ring (bicyclic) bond motifs is 2. The summed E-state index contributed by atoms with van der Waals surface area (Å²) in [4.78, 5) is 26.5. The number of hydrogen-bond donors (Lipinski definition) is 2. The van der Waals surface area contributed by atoms with Gasteiger partial charge in [-0.3, -0.25) is 4.98 Å². The molecule has 0 amide bonds. The van der Waals surface area contributed by atoms with Crippen molar-refractivity contribution < 1.29 is 9.90 Å². The molecule has 0 unspecified atom stereocenters. The predicted molar refractivity (Wildman–Crippen MR) is 87.0 cm³/mol. The Morgan fingerprint density at radius 1 is 1.26 bits per heavy atom. The second kappa shape index (κ2) is 6.10. The number of carbonyl (C=O) groups is 1. The fraction of sp³-hybridized carbons (Fsp3) is 0.333. The molecule has 23 heavy (non-hydrogen) atoms. The van der Waals surface area contributed by atoms with Gasteiger partial charge in [-0.05, 0) is 24.6 Å². The highest BCUT2D eigenvalue weighted by atomic mass is 35.5. The van der Waals surface area contributed by atoms with Crippen LogP contribution in [0.3, 0.4) is 0 Å². The van der Waals surface area contributed by atoms with Crippen molar-refractivity contribution in [1.82, 2.24) is 20.3 Å². The van der Waals surface area contributed by atoms with Gasteiger partial charge in [-0.1, -0.05) is 0 Å². The number of aromatic carboxylic acids is 1. The molecule has 2 fully saturated rings. The lowest BCUT2D eigenvalue weighted by Crippen LogP contribution is -2.44. The van der Waals surface area contributed by atoms with Crippen LogP contribution >= 0.6 is 12.4 Å². The summed E-state index contributed by atoms with van der Waals surface area (Å²) in [5.41, 5.74) is 1.39. The summed E-state index contributed by atoms with van der Waals surface area (Å²) < 4.78 is 0. The van der Waals surface area contributed by atoms with E-state index in [0.29, 0.717) is 29.4 Å². The molecule has 120 valence electrons. The van der Waals surface area contributed by atoms with Crippen LogP contribution in [0.5, 0.6) is 0 Å². The third-order valence-corrected chi connectivity index (χ3v) is 4.23. The molecule has 0 aromatic carbocycles. The minimum absolute atomic E-state index is 0. The normalized spacial score (nSPS) is 22.0. The highest BCUT2D eigenvalue weighted by Crippen LogP contribution is 2.28. The highest BCUT2D eigenvalue weighted by Gasteiger charge is 2.38. The Kier molecular flexibility index (Phi) is 4.14. The minimum atomic E-state index is -0.971. The van der Waals surface area contributed by atoms with Gasteiger partial charge in [0.15, 0.2) is 0 Å². The van der Waals surface area contributed by atoms with Crippen LogP contribution in [0.1, 0.15) is 16.8 Å². The lowest BCUT2D eigenvalue weighted by atomic mass is 10.2. The third-order valence-electron chi connectivity index (χ3n) is 4.23. The molecule has 2 aliphatic rings. The van der Waals surface area contributed by atoms with Crippen LogP contribution in [0.2, 0.25) is 0 Å². The lowest BCUT2D eigenvalue weighted by Gasteiger charge is -2.27. The Bertz CT molecular complexity index is 741. The molecule has 4 rings (SSSR count). The molecule has 0 aliphatic carbocycles. The maximum atomic E-state index is 11.1. The second-order valence-corrected chi connectivity index (χ2v) is 5.62. The topological polar surface area (TPSA) is 91.2 Å². The number of anilines is 1. The molecule has 8 heteroatoms. The Hall–Kier alpha value is -2.25. The number of carboxylic acids is 1. The average Bonchev–Trinajstić information content (AvgIpc) is 3.18. The quantitative estimate of drug-likeness (QED) is 0.872. The van der Waals surface area contributed by atoms with Gasteiger partial charge in [-0.2, -0.15) is 0 Å². The lowest BCUT2D eigenvalue weighted by molar-refractivity contribution is 0.0697. The van der Waals surface area contributed by atoms with E-state index >= 15 is 0 Å². The first-order valence-corrected chi connectivity index (χ1v) is 7.23. The van der Waals surface area contributed by atoms with E-state index in [9.17, 15) is 4.79 Å². The van der Waals surface area contributed by atoms with E-state index in [2.05, 4.69) is 25.2 Å². The van der Waals surface area contributed by atoms with E-state index in [0.717, 1.165) is 19.5 Å². The molecular weight excluding hydrogens is 318 g/mol. The van der Waals surface area contributed by atoms with Crippen molar-refractivity contribution in [3.05, 3.63) is 36.2 Å². The number of hydrogen-bond acceptors (Lipinski definition) is 6. The van der Waals surface area contributed by atoms with Crippen molar-refractivity contribution in [2.24, 2.45) is 0 Å². The van der Waals surface area contributed by atoms with Gasteiger partial charge >= 0.3 is 5.97 Å². The number of nitrogens with one attached hydrogen (secondary N) is 1. The minimum Gasteiger partial charge on any atom is -0.478 e. The molecule has 2 bridgehead atoms. The van der Waals surface area contributed by atoms with Crippen LogP contribution in [-0.2, 0) is 0 Å². The molecular formula is C15H16ClN5O2. The largest absolute Gasteiger partial charge is 0.478 e. The summed E-state index contributed by atoms with van der Waals surface area (Å²) in [6.07, 6.45) is 4.31. The van der Waals surface area contributed by atoms with E-state index in [1.807, 2.05) is 0 Å². The van der Waals surface area contributed by atoms with E-state index in [4.69, 9.17) is 5.11 Å². The molecule has 0 radical (unpaired) electrons. The van der Waals surface area contributed by atoms with Gasteiger partial charge in [0.05, 0.1) is 17.0 Å². The monoisotopic (exact) mass is 333 g/mol. The molecule has 2 aromatic rings. The van der Waals surface area contributed by atoms with E-state index in [1.54, 1.807) is 12.3 Å². The van der Waals surface area contributed by atoms with Crippen molar-refractivity contribution in [1.29, 1.82) is 0 Å². The van der Waals surface area contributed by atoms with Crippen LogP contribution in [0, 0.1) is 0 Å². The van der Waals surface area contributed by atoms with Gasteiger partial charge < -0.3 is 15.3 Å². The molecule has 0 saturated carbocycles. The first kappa shape index (κ1) is 15.6. The number of piperazine rings is 1. The van der Waals surface area contributed by atoms with Crippen LogP contribution < -0.4 is 10.2 Å². The van der Waals surface area contributed by atoms with E-state index in [1.165, 1.54) is 18.3 Å². The zero-order valence-electron chi connectivity index (χ0n) is 12.2. The zero-order chi connectivity index (χ0) is 15.1. The molecule has 2 N–H and O–H groups in total. The first-order chi connectivity index (χ1) is 10.7. The van der Waals surface area contributed by atoms with Crippen molar-refractivity contribution in [2.75, 3.05) is 18.0 Å². The highest BCUT2D eigenvalue weighted by molar-refractivity contribution is 5.88. The summed E-state index contributed by atoms with van der Waals surface area (Å²) in [6.45, 7) is 1.88. The van der Waals surface area contributed by atoms with Crippen LogP contribution in [-0.4, -0.2) is 51.2 Å². The number of rotatable bonds is 3. The van der Waals surface area contributed by atoms with Gasteiger partial charge in [0, 0.05) is 37.6 Å². The number of aromatic nitrogens is 3. The molecule has 2 atom stereocenters. The van der Waals surface area contributed by atoms with Crippen LogP contribution in [0.25, 0.3) is 11.4 Å². The molecule has 4 heterocycles. The summed E-state index contributed by atoms with van der Waals surface area (Å²) >= 11 is 0. The smallest absolute Gasteiger partial charge is 0.335 e. The van der Waals surface area contributed by atoms with Crippen LogP contribution in [0.15, 0.2) is 30.6 Å². The fourth-order valence-corrected chi connectivity index (χ4v) is 3.14. The van der Waals surface area contributed by atoms with Crippen LogP contribution in [0.4, 0.5) is 5.95 Å². The van der Waals surface area contributed by atoms with Crippen molar-refractivity contribution >= 4 is 24.3 Å². The zero-order valence-corrected chi connectivity index (χ0v) is 13.0. The first-order valence-electron chi connectivity index (χ1n) is 7.23. The standard InChI is InChI=1S/C15H15N5O2.ClH/c21-14(22)9-1-3-16-13(5-9)12-2-4-17-15(19-12)20-8-10-6-11(20)7-18-10;/h1-5,10-11,18H,6-8H2,(H,21,22);1H/t10-,11-;/m0./s1. The second-order valence-electron chi connectivity index (χ2n) is 5.62. The van der Waals surface area contributed by atoms with Gasteiger partial charge in [-0.15, -0.1) is 12.4 Å². The Balaban J connectivity index is 0.00000156. The summed E-state index contributed by atoms with van der Waals surface area (Å²) in [6, 6.07) is 5.72. The van der Waals surface area contributed by atoms with Crippen molar-refractivity contribution in [3.63, 3.8) is 0 Å². The molecule has 7 nitrogen and oxygen atoms in total. The number of pyridine rings is 1. The SMILES string of the molecule is Cl.O=C(O)c1ccnc(-c2ccnc(N3C[C@@H]4C[C@H]3CN4)n2)c1. The Labute approximate surface area is 139 Å². The maximum Gasteiger partial charge on any atom is 0.335 e. The molecule has 2 aliphatic heterocycles.